The molecular weight excluding hydrogens is 308 g/mol. The standard InChI is InChI=1S/C11H13ClN2O5S/c1-6(15)4-13-20(17,18)10-3-9-8(2-7(10)12)14-11(16)5-19-9/h2-3,6,13,15H,4-5H2,1H3,(H,14,16). The lowest BCUT2D eigenvalue weighted by atomic mass is 10.2. The lowest BCUT2D eigenvalue weighted by Gasteiger charge is -2.19. The SMILES string of the molecule is CC(O)CNS(=O)(=O)c1cc2c(cc1Cl)NC(=O)CO2. The molecule has 1 aliphatic heterocycles. The van der Waals surface area contributed by atoms with Crippen LogP contribution in [0.1, 0.15) is 6.92 Å². The van der Waals surface area contributed by atoms with Crippen LogP contribution in [0, 0.1) is 0 Å². The van der Waals surface area contributed by atoms with E-state index in [2.05, 4.69) is 10.0 Å². The van der Waals surface area contributed by atoms with Crippen LogP contribution < -0.4 is 14.8 Å². The minimum atomic E-state index is -3.87. The van der Waals surface area contributed by atoms with E-state index in [1.807, 2.05) is 0 Å². The maximum absolute atomic E-state index is 12.1. The number of halogens is 1. The monoisotopic (exact) mass is 320 g/mol. The summed E-state index contributed by atoms with van der Waals surface area (Å²) in [4.78, 5) is 11.0. The summed E-state index contributed by atoms with van der Waals surface area (Å²) in [6.45, 7) is 1.14. The molecule has 0 radical (unpaired) electrons. The molecule has 7 nitrogen and oxygen atoms in total. The second kappa shape index (κ2) is 5.57. The summed E-state index contributed by atoms with van der Waals surface area (Å²) in [6.07, 6.45) is -0.822. The maximum atomic E-state index is 12.1. The molecule has 0 fully saturated rings. The Labute approximate surface area is 120 Å². The largest absolute Gasteiger partial charge is 0.482 e. The number of sulfonamides is 1. The number of fused-ring (bicyclic) bond motifs is 1. The molecule has 1 amide bonds. The zero-order valence-corrected chi connectivity index (χ0v) is 12.1. The fourth-order valence-electron chi connectivity index (χ4n) is 1.60. The van der Waals surface area contributed by atoms with Crippen molar-refractivity contribution < 1.29 is 23.1 Å². The molecule has 1 aromatic rings. The molecule has 0 saturated heterocycles. The van der Waals surface area contributed by atoms with Gasteiger partial charge >= 0.3 is 0 Å². The van der Waals surface area contributed by atoms with Crippen LogP contribution in [0.5, 0.6) is 5.75 Å². The van der Waals surface area contributed by atoms with E-state index in [4.69, 9.17) is 21.4 Å². The molecule has 1 heterocycles. The highest BCUT2D eigenvalue weighted by atomic mass is 35.5. The summed E-state index contributed by atoms with van der Waals surface area (Å²) < 4.78 is 31.5. The van der Waals surface area contributed by atoms with Gasteiger partial charge in [-0.1, -0.05) is 11.6 Å². The van der Waals surface area contributed by atoms with Crippen LogP contribution >= 0.6 is 11.6 Å². The molecule has 0 spiro atoms. The number of aliphatic hydroxyl groups is 1. The normalized spacial score (nSPS) is 16.1. The predicted molar refractivity (Wildman–Crippen MR) is 72.4 cm³/mol. The number of nitrogens with one attached hydrogen (secondary N) is 2. The fourth-order valence-corrected chi connectivity index (χ4v) is 3.26. The van der Waals surface area contributed by atoms with Crippen molar-refractivity contribution in [1.29, 1.82) is 0 Å². The van der Waals surface area contributed by atoms with E-state index >= 15 is 0 Å². The molecule has 9 heteroatoms. The summed E-state index contributed by atoms with van der Waals surface area (Å²) >= 11 is 5.92. The van der Waals surface area contributed by atoms with Crippen molar-refractivity contribution in [2.24, 2.45) is 0 Å². The number of hydrogen-bond donors (Lipinski definition) is 3. The van der Waals surface area contributed by atoms with Gasteiger partial charge in [-0.15, -0.1) is 0 Å². The third-order valence-corrected chi connectivity index (χ3v) is 4.41. The third kappa shape index (κ3) is 3.21. The zero-order chi connectivity index (χ0) is 14.9. The van der Waals surface area contributed by atoms with Crippen molar-refractivity contribution in [3.63, 3.8) is 0 Å². The fraction of sp³-hybridized carbons (Fsp3) is 0.364. The lowest BCUT2D eigenvalue weighted by molar-refractivity contribution is -0.118. The van der Waals surface area contributed by atoms with Gasteiger partial charge in [-0.05, 0) is 13.0 Å². The number of amides is 1. The number of carbonyl (C=O) groups is 1. The second-order valence-electron chi connectivity index (χ2n) is 4.32. The number of ether oxygens (including phenoxy) is 1. The van der Waals surface area contributed by atoms with E-state index < -0.39 is 16.1 Å². The first-order chi connectivity index (χ1) is 9.29. The Morgan fingerprint density at radius 1 is 1.55 bits per heavy atom. The average Bonchev–Trinajstić information content (AvgIpc) is 2.35. The summed E-state index contributed by atoms with van der Waals surface area (Å²) in [5.74, 6) is -0.108. The molecule has 0 aliphatic carbocycles. The number of carbonyl (C=O) groups excluding carboxylic acids is 1. The third-order valence-electron chi connectivity index (χ3n) is 2.53. The van der Waals surface area contributed by atoms with Crippen LogP contribution in [0.15, 0.2) is 17.0 Å². The van der Waals surface area contributed by atoms with Gasteiger partial charge in [0.2, 0.25) is 10.0 Å². The van der Waals surface area contributed by atoms with Gasteiger partial charge in [0, 0.05) is 12.6 Å². The molecule has 1 aliphatic rings. The van der Waals surface area contributed by atoms with Gasteiger partial charge in [0.05, 0.1) is 16.8 Å². The van der Waals surface area contributed by atoms with Crippen LogP contribution in [0.3, 0.4) is 0 Å². The first-order valence-electron chi connectivity index (χ1n) is 5.73. The van der Waals surface area contributed by atoms with E-state index in [9.17, 15) is 13.2 Å². The van der Waals surface area contributed by atoms with Crippen LogP contribution in [-0.2, 0) is 14.8 Å². The Morgan fingerprint density at radius 2 is 2.25 bits per heavy atom. The van der Waals surface area contributed by atoms with Crippen LogP contribution in [0.2, 0.25) is 5.02 Å². The Morgan fingerprint density at radius 3 is 2.90 bits per heavy atom. The molecule has 1 aromatic carbocycles. The highest BCUT2D eigenvalue weighted by Gasteiger charge is 2.24. The van der Waals surface area contributed by atoms with Gasteiger partial charge in [0.15, 0.2) is 6.61 Å². The molecule has 2 rings (SSSR count). The molecule has 1 unspecified atom stereocenters. The highest BCUT2D eigenvalue weighted by molar-refractivity contribution is 7.89. The van der Waals surface area contributed by atoms with Gasteiger partial charge in [0.1, 0.15) is 10.6 Å². The predicted octanol–water partition coefficient (Wildman–Crippen LogP) is 0.330. The van der Waals surface area contributed by atoms with Gasteiger partial charge in [0.25, 0.3) is 5.91 Å². The van der Waals surface area contributed by atoms with E-state index in [0.717, 1.165) is 0 Å². The van der Waals surface area contributed by atoms with E-state index in [-0.39, 0.29) is 34.7 Å². The molecule has 0 saturated carbocycles. The number of benzene rings is 1. The van der Waals surface area contributed by atoms with Crippen molar-refractivity contribution in [3.8, 4) is 5.75 Å². The summed E-state index contributed by atoms with van der Waals surface area (Å²) in [5.41, 5.74) is 0.320. The van der Waals surface area contributed by atoms with Gasteiger partial charge in [-0.25, -0.2) is 13.1 Å². The Balaban J connectivity index is 2.36. The molecule has 20 heavy (non-hydrogen) atoms. The van der Waals surface area contributed by atoms with Crippen molar-refractivity contribution in [3.05, 3.63) is 17.2 Å². The number of rotatable bonds is 4. The van der Waals surface area contributed by atoms with E-state index in [1.165, 1.54) is 19.1 Å². The second-order valence-corrected chi connectivity index (χ2v) is 6.46. The van der Waals surface area contributed by atoms with Crippen LogP contribution in [-0.4, -0.2) is 38.7 Å². The zero-order valence-electron chi connectivity index (χ0n) is 10.5. The minimum Gasteiger partial charge on any atom is -0.482 e. The Hall–Kier alpha value is -1.35. The average molecular weight is 321 g/mol. The van der Waals surface area contributed by atoms with E-state index in [1.54, 1.807) is 0 Å². The molecule has 3 N–H and O–H groups in total. The van der Waals surface area contributed by atoms with Crippen molar-refractivity contribution in [2.75, 3.05) is 18.5 Å². The number of aliphatic hydroxyl groups excluding tert-OH is 1. The minimum absolute atomic E-state index is 0.0485. The van der Waals surface area contributed by atoms with Gasteiger partial charge < -0.3 is 15.2 Å². The number of anilines is 1. The van der Waals surface area contributed by atoms with Crippen molar-refractivity contribution >= 4 is 33.2 Å². The van der Waals surface area contributed by atoms with Gasteiger partial charge in [-0.3, -0.25) is 4.79 Å². The molecule has 110 valence electrons. The van der Waals surface area contributed by atoms with Crippen molar-refractivity contribution in [1.82, 2.24) is 4.72 Å². The van der Waals surface area contributed by atoms with Crippen LogP contribution in [0.4, 0.5) is 5.69 Å². The Kier molecular flexibility index (Phi) is 4.19. The van der Waals surface area contributed by atoms with E-state index in [0.29, 0.717) is 5.69 Å². The molecule has 0 aromatic heterocycles. The maximum Gasteiger partial charge on any atom is 0.262 e. The Bertz CT molecular complexity index is 644. The number of hydrogen-bond acceptors (Lipinski definition) is 5. The van der Waals surface area contributed by atoms with Crippen LogP contribution in [0.25, 0.3) is 0 Å². The molecular formula is C11H13ClN2O5S. The summed E-state index contributed by atoms with van der Waals surface area (Å²) in [6, 6.07) is 2.55. The topological polar surface area (TPSA) is 105 Å². The first-order valence-corrected chi connectivity index (χ1v) is 7.59. The quantitative estimate of drug-likeness (QED) is 0.741. The highest BCUT2D eigenvalue weighted by Crippen LogP contribution is 2.35. The molecule has 1 atom stereocenters. The smallest absolute Gasteiger partial charge is 0.262 e. The summed E-state index contributed by atoms with van der Waals surface area (Å²) in [7, 11) is -3.87. The molecule has 0 bridgehead atoms. The summed E-state index contributed by atoms with van der Waals surface area (Å²) in [5, 5.41) is 11.6. The first kappa shape index (κ1) is 15.0. The lowest BCUT2D eigenvalue weighted by Crippen LogP contribution is -2.31. The van der Waals surface area contributed by atoms with Crippen molar-refractivity contribution in [2.45, 2.75) is 17.9 Å². The van der Waals surface area contributed by atoms with Gasteiger partial charge in [-0.2, -0.15) is 0 Å².